The van der Waals surface area contributed by atoms with Gasteiger partial charge in [-0.2, -0.15) is 5.10 Å². The Morgan fingerprint density at radius 1 is 1.12 bits per heavy atom. The summed E-state index contributed by atoms with van der Waals surface area (Å²) in [5.74, 6) is 0.354. The van der Waals surface area contributed by atoms with Gasteiger partial charge in [0.25, 0.3) is 5.56 Å². The summed E-state index contributed by atoms with van der Waals surface area (Å²) in [6.07, 6.45) is 1.55. The number of aromatic nitrogens is 4. The first-order valence-electron chi connectivity index (χ1n) is 8.12. The Bertz CT molecular complexity index is 1130. The topological polar surface area (TPSA) is 64.7 Å². The molecule has 0 aliphatic carbocycles. The van der Waals surface area contributed by atoms with Crippen molar-refractivity contribution in [2.24, 2.45) is 7.05 Å². The van der Waals surface area contributed by atoms with E-state index < -0.39 is 0 Å². The van der Waals surface area contributed by atoms with Gasteiger partial charge in [0.2, 0.25) is 0 Å². The summed E-state index contributed by atoms with van der Waals surface area (Å²) in [4.78, 5) is 16.7. The van der Waals surface area contributed by atoms with Gasteiger partial charge in [0.1, 0.15) is 17.3 Å². The van der Waals surface area contributed by atoms with Crippen LogP contribution in [0.15, 0.2) is 65.6 Å². The standard InChI is InChI=1S/C19H16FN5O/c1-24-19(26)16(9-10-22-24)21-12-18-23-15-8-7-13(20)11-17(15)25(18)14-5-3-2-4-6-14/h2-11,21H,12H2,1H3. The lowest BCUT2D eigenvalue weighted by Crippen LogP contribution is -2.23. The minimum atomic E-state index is -0.322. The predicted octanol–water partition coefficient (Wildman–Crippen LogP) is 2.87. The number of fused-ring (bicyclic) bond motifs is 1. The Balaban J connectivity index is 1.79. The maximum atomic E-state index is 13.8. The maximum Gasteiger partial charge on any atom is 0.289 e. The number of nitrogens with one attached hydrogen (secondary N) is 1. The molecule has 26 heavy (non-hydrogen) atoms. The second kappa shape index (κ2) is 6.44. The van der Waals surface area contributed by atoms with E-state index in [1.54, 1.807) is 25.4 Å². The summed E-state index contributed by atoms with van der Waals surface area (Å²) in [5.41, 5.74) is 2.45. The Labute approximate surface area is 148 Å². The van der Waals surface area contributed by atoms with Crippen LogP contribution in [0.25, 0.3) is 16.7 Å². The summed E-state index contributed by atoms with van der Waals surface area (Å²) >= 11 is 0. The first-order chi connectivity index (χ1) is 12.6. The van der Waals surface area contributed by atoms with E-state index in [2.05, 4.69) is 15.4 Å². The number of nitrogens with zero attached hydrogens (tertiary/aromatic N) is 4. The van der Waals surface area contributed by atoms with Crippen molar-refractivity contribution in [3.05, 3.63) is 82.8 Å². The third kappa shape index (κ3) is 2.83. The van der Waals surface area contributed by atoms with Crippen molar-refractivity contribution in [1.82, 2.24) is 19.3 Å². The molecule has 6 nitrogen and oxygen atoms in total. The molecule has 2 aromatic heterocycles. The molecule has 0 aliphatic heterocycles. The van der Waals surface area contributed by atoms with Crippen molar-refractivity contribution < 1.29 is 4.39 Å². The number of imidazole rings is 1. The van der Waals surface area contributed by atoms with Crippen LogP contribution in [0.4, 0.5) is 10.1 Å². The molecule has 0 bridgehead atoms. The third-order valence-corrected chi connectivity index (χ3v) is 4.14. The lowest BCUT2D eigenvalue weighted by molar-refractivity contribution is 0.629. The fourth-order valence-corrected chi connectivity index (χ4v) is 2.90. The lowest BCUT2D eigenvalue weighted by Gasteiger charge is -2.11. The molecule has 4 rings (SSSR count). The van der Waals surface area contributed by atoms with Crippen molar-refractivity contribution in [1.29, 1.82) is 0 Å². The number of para-hydroxylation sites is 1. The molecule has 7 heteroatoms. The molecule has 2 heterocycles. The van der Waals surface area contributed by atoms with E-state index in [0.717, 1.165) is 5.69 Å². The average molecular weight is 349 g/mol. The molecular formula is C19H16FN5O. The SMILES string of the molecule is Cn1nccc(NCc2nc3ccc(F)cc3n2-c2ccccc2)c1=O. The molecule has 0 saturated heterocycles. The number of rotatable bonds is 4. The van der Waals surface area contributed by atoms with Crippen LogP contribution >= 0.6 is 0 Å². The maximum absolute atomic E-state index is 13.8. The van der Waals surface area contributed by atoms with Gasteiger partial charge in [-0.05, 0) is 30.3 Å². The highest BCUT2D eigenvalue weighted by Gasteiger charge is 2.13. The summed E-state index contributed by atoms with van der Waals surface area (Å²) in [7, 11) is 1.59. The molecule has 1 N–H and O–H groups in total. The molecular weight excluding hydrogens is 333 g/mol. The van der Waals surface area contributed by atoms with Gasteiger partial charge < -0.3 is 5.32 Å². The van der Waals surface area contributed by atoms with Gasteiger partial charge in [-0.15, -0.1) is 0 Å². The fraction of sp³-hybridized carbons (Fsp3) is 0.105. The molecule has 0 amide bonds. The van der Waals surface area contributed by atoms with Gasteiger partial charge in [-0.25, -0.2) is 14.1 Å². The molecule has 0 saturated carbocycles. The third-order valence-electron chi connectivity index (χ3n) is 4.14. The molecule has 0 unspecified atom stereocenters. The Morgan fingerprint density at radius 2 is 1.92 bits per heavy atom. The summed E-state index contributed by atoms with van der Waals surface area (Å²) in [5, 5.41) is 7.01. The van der Waals surface area contributed by atoms with Crippen LogP contribution in [0.2, 0.25) is 0 Å². The van der Waals surface area contributed by atoms with E-state index in [1.165, 1.54) is 16.8 Å². The second-order valence-electron chi connectivity index (χ2n) is 5.86. The van der Waals surface area contributed by atoms with Gasteiger partial charge in [0, 0.05) is 25.0 Å². The van der Waals surface area contributed by atoms with Crippen molar-refractivity contribution in [2.75, 3.05) is 5.32 Å². The molecule has 0 spiro atoms. The number of hydrogen-bond donors (Lipinski definition) is 1. The quantitative estimate of drug-likeness (QED) is 0.615. The lowest BCUT2D eigenvalue weighted by atomic mass is 10.2. The zero-order chi connectivity index (χ0) is 18.1. The number of benzene rings is 2. The average Bonchev–Trinajstić information content (AvgIpc) is 3.01. The van der Waals surface area contributed by atoms with Gasteiger partial charge in [-0.1, -0.05) is 18.2 Å². The molecule has 0 aliphatic rings. The Kier molecular flexibility index (Phi) is 3.96. The Morgan fingerprint density at radius 3 is 2.73 bits per heavy atom. The first-order valence-corrected chi connectivity index (χ1v) is 8.12. The zero-order valence-corrected chi connectivity index (χ0v) is 14.1. The van der Waals surface area contributed by atoms with E-state index in [4.69, 9.17) is 0 Å². The normalized spacial score (nSPS) is 11.0. The van der Waals surface area contributed by atoms with Gasteiger partial charge in [-0.3, -0.25) is 9.36 Å². The zero-order valence-electron chi connectivity index (χ0n) is 14.1. The highest BCUT2D eigenvalue weighted by molar-refractivity contribution is 5.78. The van der Waals surface area contributed by atoms with Crippen LogP contribution in [0.1, 0.15) is 5.82 Å². The highest BCUT2D eigenvalue weighted by Crippen LogP contribution is 2.23. The van der Waals surface area contributed by atoms with Crippen molar-refractivity contribution in [3.8, 4) is 5.69 Å². The smallest absolute Gasteiger partial charge is 0.289 e. The van der Waals surface area contributed by atoms with Crippen LogP contribution in [0.3, 0.4) is 0 Å². The highest BCUT2D eigenvalue weighted by atomic mass is 19.1. The van der Waals surface area contributed by atoms with E-state index >= 15 is 0 Å². The molecule has 4 aromatic rings. The van der Waals surface area contributed by atoms with E-state index in [9.17, 15) is 9.18 Å². The van der Waals surface area contributed by atoms with Crippen LogP contribution in [-0.4, -0.2) is 19.3 Å². The van der Waals surface area contributed by atoms with Crippen molar-refractivity contribution in [2.45, 2.75) is 6.54 Å². The minimum absolute atomic E-state index is 0.221. The van der Waals surface area contributed by atoms with Crippen LogP contribution < -0.4 is 10.9 Å². The van der Waals surface area contributed by atoms with Crippen molar-refractivity contribution in [3.63, 3.8) is 0 Å². The van der Waals surface area contributed by atoms with Gasteiger partial charge in [0.05, 0.1) is 17.6 Å². The van der Waals surface area contributed by atoms with Crippen LogP contribution in [0, 0.1) is 5.82 Å². The number of anilines is 1. The van der Waals surface area contributed by atoms with E-state index in [0.29, 0.717) is 29.1 Å². The van der Waals surface area contributed by atoms with Gasteiger partial charge >= 0.3 is 0 Å². The largest absolute Gasteiger partial charge is 0.373 e. The monoisotopic (exact) mass is 349 g/mol. The first kappa shape index (κ1) is 16.0. The molecule has 130 valence electrons. The van der Waals surface area contributed by atoms with Crippen molar-refractivity contribution >= 4 is 16.7 Å². The Hall–Kier alpha value is -3.48. The molecule has 0 fully saturated rings. The van der Waals surface area contributed by atoms with Crippen LogP contribution in [-0.2, 0) is 13.6 Å². The number of aryl methyl sites for hydroxylation is 1. The minimum Gasteiger partial charge on any atom is -0.373 e. The predicted molar refractivity (Wildman–Crippen MR) is 97.8 cm³/mol. The summed E-state index contributed by atoms with van der Waals surface area (Å²) in [6.45, 7) is 0.310. The molecule has 2 aromatic carbocycles. The van der Waals surface area contributed by atoms with E-state index in [1.807, 2.05) is 34.9 Å². The second-order valence-corrected chi connectivity index (χ2v) is 5.86. The fourth-order valence-electron chi connectivity index (χ4n) is 2.90. The number of hydrogen-bond acceptors (Lipinski definition) is 4. The molecule has 0 radical (unpaired) electrons. The summed E-state index contributed by atoms with van der Waals surface area (Å²) in [6, 6.07) is 15.7. The molecule has 0 atom stereocenters. The summed E-state index contributed by atoms with van der Waals surface area (Å²) < 4.78 is 16.9. The number of halogens is 1. The van der Waals surface area contributed by atoms with E-state index in [-0.39, 0.29) is 11.4 Å². The van der Waals surface area contributed by atoms with Gasteiger partial charge in [0.15, 0.2) is 0 Å². The van der Waals surface area contributed by atoms with Crippen LogP contribution in [0.5, 0.6) is 0 Å².